The highest BCUT2D eigenvalue weighted by Gasteiger charge is 2.18. The maximum atomic E-state index is 12.6. The number of ether oxygens (including phenoxy) is 1. The van der Waals surface area contributed by atoms with Gasteiger partial charge in [-0.25, -0.2) is 0 Å². The van der Waals surface area contributed by atoms with Gasteiger partial charge in [0, 0.05) is 49.7 Å². The summed E-state index contributed by atoms with van der Waals surface area (Å²) in [5.41, 5.74) is 2.42. The molecule has 1 aliphatic rings. The minimum Gasteiger partial charge on any atom is -0.378 e. The van der Waals surface area contributed by atoms with Crippen molar-refractivity contribution in [3.63, 3.8) is 0 Å². The fraction of sp³-hybridized carbons (Fsp3) is 0.318. The van der Waals surface area contributed by atoms with Gasteiger partial charge >= 0.3 is 0 Å². The molecule has 8 heteroatoms. The van der Waals surface area contributed by atoms with Gasteiger partial charge in [0.25, 0.3) is 11.8 Å². The van der Waals surface area contributed by atoms with E-state index in [1.165, 1.54) is 4.90 Å². The molecule has 3 rings (SSSR count). The predicted molar refractivity (Wildman–Crippen MR) is 115 cm³/mol. The molecule has 1 saturated heterocycles. The van der Waals surface area contributed by atoms with Crippen LogP contribution in [0.5, 0.6) is 0 Å². The molecule has 0 spiro atoms. The minimum atomic E-state index is -0.230. The minimum absolute atomic E-state index is 0.0428. The van der Waals surface area contributed by atoms with Gasteiger partial charge in [0.05, 0.1) is 19.8 Å². The molecule has 0 aliphatic carbocycles. The highest BCUT2D eigenvalue weighted by molar-refractivity contribution is 5.97. The van der Waals surface area contributed by atoms with Crippen LogP contribution in [-0.2, 0) is 9.53 Å². The largest absolute Gasteiger partial charge is 0.378 e. The van der Waals surface area contributed by atoms with Gasteiger partial charge in [-0.2, -0.15) is 0 Å². The zero-order valence-electron chi connectivity index (χ0n) is 17.2. The van der Waals surface area contributed by atoms with Crippen LogP contribution in [0.3, 0.4) is 0 Å². The van der Waals surface area contributed by atoms with Gasteiger partial charge in [0.2, 0.25) is 5.91 Å². The lowest BCUT2D eigenvalue weighted by Crippen LogP contribution is -2.40. The maximum Gasteiger partial charge on any atom is 0.254 e. The van der Waals surface area contributed by atoms with Gasteiger partial charge < -0.3 is 25.2 Å². The number of anilines is 2. The van der Waals surface area contributed by atoms with E-state index in [1.54, 1.807) is 61.5 Å². The first-order chi connectivity index (χ1) is 14.4. The summed E-state index contributed by atoms with van der Waals surface area (Å²) in [4.78, 5) is 40.0. The molecule has 1 heterocycles. The van der Waals surface area contributed by atoms with E-state index in [0.29, 0.717) is 48.8 Å². The summed E-state index contributed by atoms with van der Waals surface area (Å²) < 4.78 is 5.28. The maximum absolute atomic E-state index is 12.6. The number of nitrogens with zero attached hydrogens (tertiary/aromatic N) is 2. The number of nitrogens with one attached hydrogen (secondary N) is 2. The molecule has 0 saturated carbocycles. The summed E-state index contributed by atoms with van der Waals surface area (Å²) >= 11 is 0. The summed E-state index contributed by atoms with van der Waals surface area (Å²) in [5.74, 6) is -0.369. The molecule has 3 amide bonds. The van der Waals surface area contributed by atoms with Crippen LogP contribution < -0.4 is 10.6 Å². The third-order valence-electron chi connectivity index (χ3n) is 4.68. The van der Waals surface area contributed by atoms with Crippen molar-refractivity contribution in [1.29, 1.82) is 0 Å². The van der Waals surface area contributed by atoms with Crippen LogP contribution >= 0.6 is 0 Å². The molecule has 8 nitrogen and oxygen atoms in total. The van der Waals surface area contributed by atoms with Gasteiger partial charge in [-0.15, -0.1) is 0 Å². The van der Waals surface area contributed by atoms with Crippen LogP contribution in [0, 0.1) is 0 Å². The van der Waals surface area contributed by atoms with Crippen LogP contribution in [-0.4, -0.2) is 74.5 Å². The molecule has 0 bridgehead atoms. The van der Waals surface area contributed by atoms with E-state index in [-0.39, 0.29) is 24.3 Å². The number of carbonyl (C=O) groups is 3. The average molecular weight is 410 g/mol. The number of hydrogen-bond acceptors (Lipinski definition) is 5. The van der Waals surface area contributed by atoms with Crippen LogP contribution in [0.2, 0.25) is 0 Å². The number of carbonyl (C=O) groups excluding carboxylic acids is 3. The number of benzene rings is 2. The van der Waals surface area contributed by atoms with Crippen molar-refractivity contribution < 1.29 is 19.1 Å². The predicted octanol–water partition coefficient (Wildman–Crippen LogP) is 1.91. The molecule has 158 valence electrons. The Balaban J connectivity index is 1.53. The second kappa shape index (κ2) is 9.89. The number of hydrogen-bond donors (Lipinski definition) is 2. The normalized spacial score (nSPS) is 13.5. The fourth-order valence-electron chi connectivity index (χ4n) is 3.05. The molecule has 0 unspecified atom stereocenters. The van der Waals surface area contributed by atoms with Crippen molar-refractivity contribution >= 4 is 29.1 Å². The van der Waals surface area contributed by atoms with Crippen molar-refractivity contribution in [2.24, 2.45) is 0 Å². The Morgan fingerprint density at radius 1 is 0.967 bits per heavy atom. The Hall–Kier alpha value is -3.39. The zero-order chi connectivity index (χ0) is 21.5. The smallest absolute Gasteiger partial charge is 0.254 e. The third kappa shape index (κ3) is 5.57. The van der Waals surface area contributed by atoms with Crippen molar-refractivity contribution in [2.45, 2.75) is 0 Å². The summed E-state index contributed by atoms with van der Waals surface area (Å²) in [6.45, 7) is 2.31. The van der Waals surface area contributed by atoms with Crippen LogP contribution in [0.4, 0.5) is 11.4 Å². The monoisotopic (exact) mass is 410 g/mol. The molecule has 2 N–H and O–H groups in total. The summed E-state index contributed by atoms with van der Waals surface area (Å²) in [6, 6.07) is 13.8. The van der Waals surface area contributed by atoms with Crippen LogP contribution in [0.1, 0.15) is 20.7 Å². The Kier molecular flexibility index (Phi) is 7.03. The van der Waals surface area contributed by atoms with E-state index in [1.807, 2.05) is 6.07 Å². The van der Waals surface area contributed by atoms with Crippen LogP contribution in [0.15, 0.2) is 48.5 Å². The molecule has 1 aliphatic heterocycles. The first kappa shape index (κ1) is 21.3. The van der Waals surface area contributed by atoms with E-state index < -0.39 is 0 Å². The number of amides is 3. The lowest BCUT2D eigenvalue weighted by Gasteiger charge is -2.27. The van der Waals surface area contributed by atoms with Gasteiger partial charge in [0.15, 0.2) is 0 Å². The van der Waals surface area contributed by atoms with E-state index in [0.717, 1.165) is 0 Å². The number of morpholine rings is 1. The molecular formula is C22H26N4O4. The standard InChI is InChI=1S/C22H26N4O4/c1-25(2)21(28)16-6-8-18(9-7-16)24-20(27)15-23-19-5-3-4-17(14-19)22(29)26-10-12-30-13-11-26/h3-9,14,23H,10-13,15H2,1-2H3,(H,24,27). The van der Waals surface area contributed by atoms with E-state index in [2.05, 4.69) is 10.6 Å². The quantitative estimate of drug-likeness (QED) is 0.759. The highest BCUT2D eigenvalue weighted by Crippen LogP contribution is 2.14. The van der Waals surface area contributed by atoms with E-state index in [4.69, 9.17) is 4.74 Å². The van der Waals surface area contributed by atoms with E-state index in [9.17, 15) is 14.4 Å². The Labute approximate surface area is 175 Å². The van der Waals surface area contributed by atoms with Crippen molar-refractivity contribution in [3.05, 3.63) is 59.7 Å². The van der Waals surface area contributed by atoms with Gasteiger partial charge in [0.1, 0.15) is 0 Å². The Morgan fingerprint density at radius 2 is 1.67 bits per heavy atom. The SMILES string of the molecule is CN(C)C(=O)c1ccc(NC(=O)CNc2cccc(C(=O)N3CCOCC3)c2)cc1. The first-order valence-electron chi connectivity index (χ1n) is 9.76. The summed E-state index contributed by atoms with van der Waals surface area (Å²) in [5, 5.41) is 5.82. The highest BCUT2D eigenvalue weighted by atomic mass is 16.5. The van der Waals surface area contributed by atoms with Gasteiger partial charge in [-0.05, 0) is 42.5 Å². The molecule has 30 heavy (non-hydrogen) atoms. The topological polar surface area (TPSA) is 91.0 Å². The van der Waals surface area contributed by atoms with Crippen molar-refractivity contribution in [2.75, 3.05) is 57.6 Å². The van der Waals surface area contributed by atoms with Gasteiger partial charge in [-0.3, -0.25) is 14.4 Å². The molecule has 2 aromatic rings. The van der Waals surface area contributed by atoms with E-state index >= 15 is 0 Å². The second-order valence-electron chi connectivity index (χ2n) is 7.16. The third-order valence-corrected chi connectivity index (χ3v) is 4.68. The fourth-order valence-corrected chi connectivity index (χ4v) is 3.05. The second-order valence-corrected chi connectivity index (χ2v) is 7.16. The summed E-state index contributed by atoms with van der Waals surface area (Å²) in [6.07, 6.45) is 0. The Morgan fingerprint density at radius 3 is 2.33 bits per heavy atom. The van der Waals surface area contributed by atoms with Gasteiger partial charge in [-0.1, -0.05) is 6.07 Å². The van der Waals surface area contributed by atoms with Crippen molar-refractivity contribution in [3.8, 4) is 0 Å². The van der Waals surface area contributed by atoms with Crippen molar-refractivity contribution in [1.82, 2.24) is 9.80 Å². The lowest BCUT2D eigenvalue weighted by molar-refractivity contribution is -0.114. The lowest BCUT2D eigenvalue weighted by atomic mass is 10.1. The molecule has 1 fully saturated rings. The van der Waals surface area contributed by atoms with Crippen LogP contribution in [0.25, 0.3) is 0 Å². The Bertz CT molecular complexity index is 906. The molecular weight excluding hydrogens is 384 g/mol. The summed E-state index contributed by atoms with van der Waals surface area (Å²) in [7, 11) is 3.38. The zero-order valence-corrected chi connectivity index (χ0v) is 17.2. The molecule has 2 aromatic carbocycles. The molecule has 0 radical (unpaired) electrons. The molecule has 0 aromatic heterocycles. The average Bonchev–Trinajstić information content (AvgIpc) is 2.78. The molecule has 0 atom stereocenters. The number of rotatable bonds is 6. The first-order valence-corrected chi connectivity index (χ1v) is 9.76.